The minimum Gasteiger partial charge on any atom is -0.399 e. The molecule has 0 aromatic heterocycles. The molecule has 1 heterocycles. The Labute approximate surface area is 121 Å². The van der Waals surface area contributed by atoms with Crippen LogP contribution in [0.5, 0.6) is 0 Å². The molecule has 1 fully saturated rings. The molecule has 1 aliphatic rings. The lowest BCUT2D eigenvalue weighted by atomic mass is 9.82. The van der Waals surface area contributed by atoms with Crippen LogP contribution in [0, 0.1) is 5.41 Å². The van der Waals surface area contributed by atoms with Gasteiger partial charge in [0.25, 0.3) is 5.91 Å². The highest BCUT2D eigenvalue weighted by molar-refractivity contribution is 6.00. The van der Waals surface area contributed by atoms with Crippen LogP contribution >= 0.6 is 0 Å². The Balaban J connectivity index is 2.33. The summed E-state index contributed by atoms with van der Waals surface area (Å²) < 4.78 is 0. The molecule has 0 atom stereocenters. The maximum Gasteiger partial charge on any atom is 0.253 e. The Kier molecular flexibility index (Phi) is 4.21. The summed E-state index contributed by atoms with van der Waals surface area (Å²) in [5.41, 5.74) is 8.68. The summed E-state index contributed by atoms with van der Waals surface area (Å²) in [7, 11) is 1.66. The molecule has 0 unspecified atom stereocenters. The van der Waals surface area contributed by atoms with Crippen LogP contribution in [0.25, 0.3) is 0 Å². The lowest BCUT2D eigenvalue weighted by Gasteiger charge is -2.28. The molecule has 0 aliphatic carbocycles. The van der Waals surface area contributed by atoms with Crippen molar-refractivity contribution >= 4 is 17.3 Å². The van der Waals surface area contributed by atoms with E-state index in [1.165, 1.54) is 19.3 Å². The van der Waals surface area contributed by atoms with Crippen molar-refractivity contribution in [2.45, 2.75) is 33.1 Å². The number of nitrogens with two attached hydrogens (primary N) is 1. The first-order valence-electron chi connectivity index (χ1n) is 7.42. The van der Waals surface area contributed by atoms with E-state index in [0.29, 0.717) is 16.7 Å². The fourth-order valence-electron chi connectivity index (χ4n) is 3.10. The molecule has 1 amide bonds. The number of carbonyl (C=O) groups excluding carboxylic acids is 1. The predicted octanol–water partition coefficient (Wildman–Crippen LogP) is 2.64. The zero-order valence-corrected chi connectivity index (χ0v) is 12.7. The molecular formula is C16H25N3O. The van der Waals surface area contributed by atoms with E-state index < -0.39 is 0 Å². The summed E-state index contributed by atoms with van der Waals surface area (Å²) in [6.45, 7) is 6.51. The van der Waals surface area contributed by atoms with Gasteiger partial charge in [-0.3, -0.25) is 4.79 Å². The van der Waals surface area contributed by atoms with Crippen LogP contribution in [0.15, 0.2) is 18.2 Å². The Bertz CT molecular complexity index is 494. The van der Waals surface area contributed by atoms with Gasteiger partial charge in [0.15, 0.2) is 0 Å². The monoisotopic (exact) mass is 275 g/mol. The van der Waals surface area contributed by atoms with Gasteiger partial charge in [0, 0.05) is 25.8 Å². The number of nitrogens with one attached hydrogen (secondary N) is 1. The van der Waals surface area contributed by atoms with Crippen LogP contribution in [0.3, 0.4) is 0 Å². The summed E-state index contributed by atoms with van der Waals surface area (Å²) in [4.78, 5) is 14.3. The molecule has 3 N–H and O–H groups in total. The molecule has 4 nitrogen and oxygen atoms in total. The number of anilines is 2. The molecule has 2 rings (SSSR count). The Morgan fingerprint density at radius 2 is 2.10 bits per heavy atom. The molecule has 4 heteroatoms. The summed E-state index contributed by atoms with van der Waals surface area (Å²) in [5, 5.41) is 2.71. The van der Waals surface area contributed by atoms with Crippen LogP contribution in [0.2, 0.25) is 0 Å². The summed E-state index contributed by atoms with van der Waals surface area (Å²) in [6, 6.07) is 5.53. The van der Waals surface area contributed by atoms with Gasteiger partial charge in [-0.2, -0.15) is 0 Å². The topological polar surface area (TPSA) is 58.4 Å². The molecular weight excluding hydrogens is 250 g/mol. The maximum absolute atomic E-state index is 12.0. The van der Waals surface area contributed by atoms with Crippen molar-refractivity contribution < 1.29 is 4.79 Å². The van der Waals surface area contributed by atoms with Gasteiger partial charge in [-0.25, -0.2) is 0 Å². The number of carbonyl (C=O) groups is 1. The van der Waals surface area contributed by atoms with Crippen LogP contribution in [0.4, 0.5) is 11.4 Å². The molecule has 0 spiro atoms. The number of rotatable bonds is 4. The molecule has 1 aromatic carbocycles. The van der Waals surface area contributed by atoms with Crippen LogP contribution < -0.4 is 16.0 Å². The summed E-state index contributed by atoms with van der Waals surface area (Å²) in [6.07, 6.45) is 3.54. The zero-order valence-electron chi connectivity index (χ0n) is 12.7. The normalized spacial score (nSPS) is 17.2. The smallest absolute Gasteiger partial charge is 0.253 e. The number of nitrogen functional groups attached to an aromatic ring is 1. The highest BCUT2D eigenvalue weighted by Crippen LogP contribution is 2.40. The van der Waals surface area contributed by atoms with E-state index in [0.717, 1.165) is 18.8 Å². The Morgan fingerprint density at radius 1 is 1.40 bits per heavy atom. The first-order valence-corrected chi connectivity index (χ1v) is 7.42. The average molecular weight is 275 g/mol. The van der Waals surface area contributed by atoms with E-state index in [1.54, 1.807) is 13.1 Å². The minimum absolute atomic E-state index is 0.0505. The molecule has 0 radical (unpaired) electrons. The van der Waals surface area contributed by atoms with Gasteiger partial charge in [0.1, 0.15) is 0 Å². The third-order valence-corrected chi connectivity index (χ3v) is 4.77. The Hall–Kier alpha value is -1.71. The van der Waals surface area contributed by atoms with Crippen molar-refractivity contribution in [3.63, 3.8) is 0 Å². The van der Waals surface area contributed by atoms with Gasteiger partial charge in [0.2, 0.25) is 0 Å². The quantitative estimate of drug-likeness (QED) is 0.831. The van der Waals surface area contributed by atoms with Crippen LogP contribution in [-0.4, -0.2) is 26.0 Å². The maximum atomic E-state index is 12.0. The van der Waals surface area contributed by atoms with Crippen LogP contribution in [0.1, 0.15) is 43.5 Å². The number of hydrogen-bond acceptors (Lipinski definition) is 3. The van der Waals surface area contributed by atoms with Crippen molar-refractivity contribution in [3.05, 3.63) is 23.8 Å². The first kappa shape index (κ1) is 14.7. The van der Waals surface area contributed by atoms with E-state index in [2.05, 4.69) is 24.1 Å². The second-order valence-corrected chi connectivity index (χ2v) is 5.73. The number of nitrogens with zero attached hydrogens (tertiary/aromatic N) is 1. The number of benzene rings is 1. The largest absolute Gasteiger partial charge is 0.399 e. The van der Waals surface area contributed by atoms with Crippen LogP contribution in [-0.2, 0) is 0 Å². The van der Waals surface area contributed by atoms with E-state index in [-0.39, 0.29) is 5.91 Å². The van der Waals surface area contributed by atoms with Gasteiger partial charge in [-0.15, -0.1) is 0 Å². The number of amides is 1. The van der Waals surface area contributed by atoms with E-state index in [9.17, 15) is 4.79 Å². The zero-order chi connectivity index (χ0) is 14.8. The fourth-order valence-corrected chi connectivity index (χ4v) is 3.10. The molecule has 1 aromatic rings. The van der Waals surface area contributed by atoms with Crippen molar-refractivity contribution in [2.24, 2.45) is 5.41 Å². The highest BCUT2D eigenvalue weighted by Gasteiger charge is 2.36. The van der Waals surface area contributed by atoms with Gasteiger partial charge >= 0.3 is 0 Å². The second-order valence-electron chi connectivity index (χ2n) is 5.73. The van der Waals surface area contributed by atoms with Gasteiger partial charge in [0.05, 0.1) is 11.3 Å². The minimum atomic E-state index is -0.0505. The van der Waals surface area contributed by atoms with Crippen molar-refractivity contribution in [3.8, 4) is 0 Å². The third kappa shape index (κ3) is 2.60. The lowest BCUT2D eigenvalue weighted by Crippen LogP contribution is -2.29. The SMILES string of the molecule is CCC1(CC)CCN(c2cc(N)ccc2C(=O)NC)C1. The van der Waals surface area contributed by atoms with Gasteiger partial charge in [-0.1, -0.05) is 13.8 Å². The molecule has 1 saturated heterocycles. The van der Waals surface area contributed by atoms with Crippen molar-refractivity contribution in [1.29, 1.82) is 0 Å². The van der Waals surface area contributed by atoms with Crippen molar-refractivity contribution in [2.75, 3.05) is 30.8 Å². The summed E-state index contributed by atoms with van der Waals surface area (Å²) in [5.74, 6) is -0.0505. The molecule has 110 valence electrons. The summed E-state index contributed by atoms with van der Waals surface area (Å²) >= 11 is 0. The van der Waals surface area contributed by atoms with Gasteiger partial charge in [-0.05, 0) is 42.9 Å². The molecule has 1 aliphatic heterocycles. The highest BCUT2D eigenvalue weighted by atomic mass is 16.1. The molecule has 20 heavy (non-hydrogen) atoms. The third-order valence-electron chi connectivity index (χ3n) is 4.77. The average Bonchev–Trinajstić information content (AvgIpc) is 2.91. The fraction of sp³-hybridized carbons (Fsp3) is 0.562. The second kappa shape index (κ2) is 5.73. The first-order chi connectivity index (χ1) is 9.55. The Morgan fingerprint density at radius 3 is 2.65 bits per heavy atom. The number of hydrogen-bond donors (Lipinski definition) is 2. The lowest BCUT2D eigenvalue weighted by molar-refractivity contribution is 0.0963. The molecule has 0 bridgehead atoms. The molecule has 0 saturated carbocycles. The van der Waals surface area contributed by atoms with Crippen molar-refractivity contribution in [1.82, 2.24) is 5.32 Å². The van der Waals surface area contributed by atoms with E-state index >= 15 is 0 Å². The predicted molar refractivity (Wildman–Crippen MR) is 84.1 cm³/mol. The standard InChI is InChI=1S/C16H25N3O/c1-4-16(5-2)8-9-19(11-16)14-10-12(17)6-7-13(14)15(20)18-3/h6-7,10H,4-5,8-9,11,17H2,1-3H3,(H,18,20). The van der Waals surface area contributed by atoms with Gasteiger partial charge < -0.3 is 16.0 Å². The van der Waals surface area contributed by atoms with E-state index in [4.69, 9.17) is 5.73 Å². The van der Waals surface area contributed by atoms with E-state index in [1.807, 2.05) is 12.1 Å².